The Morgan fingerprint density at radius 1 is 1.11 bits per heavy atom. The lowest BCUT2D eigenvalue weighted by Gasteiger charge is -2.26. The molecule has 0 unspecified atom stereocenters. The van der Waals surface area contributed by atoms with Crippen molar-refractivity contribution in [1.29, 1.82) is 0 Å². The Kier molecular flexibility index (Phi) is 7.75. The predicted octanol–water partition coefficient (Wildman–Crippen LogP) is 3.49. The highest BCUT2D eigenvalue weighted by Gasteiger charge is 2.11. The van der Waals surface area contributed by atoms with Gasteiger partial charge in [0.15, 0.2) is 0 Å². The number of carbonyl (C=O) groups excluding carboxylic acids is 1. The van der Waals surface area contributed by atoms with Crippen LogP contribution in [0.4, 0.5) is 0 Å². The van der Waals surface area contributed by atoms with Gasteiger partial charge in [0.25, 0.3) is 5.91 Å². The maximum Gasteiger partial charge on any atom is 0.251 e. The molecule has 0 atom stereocenters. The fourth-order valence-corrected chi connectivity index (χ4v) is 3.92. The molecule has 0 bridgehead atoms. The molecule has 0 radical (unpaired) electrons. The molecular weight excluding hydrogens is 356 g/mol. The van der Waals surface area contributed by atoms with Crippen LogP contribution in [0.3, 0.4) is 0 Å². The zero-order valence-corrected chi connectivity index (χ0v) is 16.8. The minimum Gasteiger partial charge on any atom is -0.379 e. The lowest BCUT2D eigenvalue weighted by molar-refractivity contribution is 0.0342. The summed E-state index contributed by atoms with van der Waals surface area (Å²) in [5.41, 5.74) is 4.59. The molecule has 5 heteroatoms. The minimum atomic E-state index is 0.00378. The van der Waals surface area contributed by atoms with E-state index >= 15 is 0 Å². The van der Waals surface area contributed by atoms with Gasteiger partial charge in [-0.1, -0.05) is 42.0 Å². The molecule has 1 aliphatic heterocycles. The second-order valence-corrected chi connectivity index (χ2v) is 7.99. The number of thioether (sulfide) groups is 1. The Balaban J connectivity index is 1.36. The quantitative estimate of drug-likeness (QED) is 0.708. The van der Waals surface area contributed by atoms with Crippen molar-refractivity contribution in [2.45, 2.75) is 19.2 Å². The zero-order valence-electron chi connectivity index (χ0n) is 15.9. The molecule has 144 valence electrons. The number of hydrogen-bond acceptors (Lipinski definition) is 4. The molecule has 1 fully saturated rings. The van der Waals surface area contributed by atoms with E-state index in [2.05, 4.69) is 53.5 Å². The summed E-state index contributed by atoms with van der Waals surface area (Å²) in [7, 11) is 0. The van der Waals surface area contributed by atoms with Crippen LogP contribution >= 0.6 is 11.8 Å². The molecule has 0 aromatic heterocycles. The SMILES string of the molecule is Cc1cccc(CSCCNC(=O)c2ccc(CN3CCOCC3)cc2)c1. The maximum absolute atomic E-state index is 12.3. The first-order valence-corrected chi connectivity index (χ1v) is 10.7. The third-order valence-electron chi connectivity index (χ3n) is 4.61. The predicted molar refractivity (Wildman–Crippen MR) is 112 cm³/mol. The van der Waals surface area contributed by atoms with E-state index in [1.807, 2.05) is 23.9 Å². The highest BCUT2D eigenvalue weighted by Crippen LogP contribution is 2.13. The van der Waals surface area contributed by atoms with E-state index in [9.17, 15) is 4.79 Å². The van der Waals surface area contributed by atoms with E-state index < -0.39 is 0 Å². The van der Waals surface area contributed by atoms with E-state index in [1.54, 1.807) is 0 Å². The number of morpholine rings is 1. The van der Waals surface area contributed by atoms with Gasteiger partial charge in [0.2, 0.25) is 0 Å². The summed E-state index contributed by atoms with van der Waals surface area (Å²) in [5.74, 6) is 1.90. The third kappa shape index (κ3) is 6.69. The molecular formula is C22H28N2O2S. The van der Waals surface area contributed by atoms with Crippen LogP contribution in [0.1, 0.15) is 27.0 Å². The van der Waals surface area contributed by atoms with E-state index in [0.717, 1.165) is 49.9 Å². The van der Waals surface area contributed by atoms with Crippen LogP contribution < -0.4 is 5.32 Å². The lowest BCUT2D eigenvalue weighted by atomic mass is 10.1. The first-order valence-electron chi connectivity index (χ1n) is 9.51. The van der Waals surface area contributed by atoms with Crippen molar-refractivity contribution < 1.29 is 9.53 Å². The maximum atomic E-state index is 12.3. The van der Waals surface area contributed by atoms with Crippen LogP contribution in [-0.4, -0.2) is 49.4 Å². The highest BCUT2D eigenvalue weighted by atomic mass is 32.2. The largest absolute Gasteiger partial charge is 0.379 e. The lowest BCUT2D eigenvalue weighted by Crippen LogP contribution is -2.35. The van der Waals surface area contributed by atoms with Crippen LogP contribution in [0, 0.1) is 6.92 Å². The molecule has 1 aliphatic rings. The van der Waals surface area contributed by atoms with Crippen molar-refractivity contribution in [3.63, 3.8) is 0 Å². The first kappa shape index (κ1) is 19.9. The standard InChI is InChI=1S/C22H28N2O2S/c1-18-3-2-4-20(15-18)17-27-14-9-23-22(25)21-7-5-19(6-8-21)16-24-10-12-26-13-11-24/h2-8,15H,9-14,16-17H2,1H3,(H,23,25). The van der Waals surface area contributed by atoms with Gasteiger partial charge in [-0.3, -0.25) is 9.69 Å². The van der Waals surface area contributed by atoms with Gasteiger partial charge in [-0.15, -0.1) is 0 Å². The molecule has 1 N–H and O–H groups in total. The summed E-state index contributed by atoms with van der Waals surface area (Å²) < 4.78 is 5.38. The number of aryl methyl sites for hydroxylation is 1. The van der Waals surface area contributed by atoms with Crippen molar-refractivity contribution >= 4 is 17.7 Å². The number of ether oxygens (including phenoxy) is 1. The molecule has 2 aromatic carbocycles. The molecule has 2 aromatic rings. The number of hydrogen-bond donors (Lipinski definition) is 1. The Hall–Kier alpha value is -1.82. The van der Waals surface area contributed by atoms with Gasteiger partial charge in [-0.2, -0.15) is 11.8 Å². The molecule has 1 heterocycles. The summed E-state index contributed by atoms with van der Waals surface area (Å²) in [6.07, 6.45) is 0. The van der Waals surface area contributed by atoms with Crippen LogP contribution in [-0.2, 0) is 17.0 Å². The first-order chi connectivity index (χ1) is 13.2. The van der Waals surface area contributed by atoms with Crippen LogP contribution in [0.15, 0.2) is 48.5 Å². The smallest absolute Gasteiger partial charge is 0.251 e. The van der Waals surface area contributed by atoms with Gasteiger partial charge in [-0.25, -0.2) is 0 Å². The number of nitrogens with zero attached hydrogens (tertiary/aromatic N) is 1. The number of benzene rings is 2. The Morgan fingerprint density at radius 2 is 1.89 bits per heavy atom. The molecule has 1 saturated heterocycles. The van der Waals surface area contributed by atoms with E-state index in [-0.39, 0.29) is 5.91 Å². The second kappa shape index (κ2) is 10.5. The Labute approximate surface area is 166 Å². The summed E-state index contributed by atoms with van der Waals surface area (Å²) in [6, 6.07) is 16.5. The molecule has 4 nitrogen and oxygen atoms in total. The van der Waals surface area contributed by atoms with Gasteiger partial charge in [0, 0.05) is 43.2 Å². The van der Waals surface area contributed by atoms with Gasteiger partial charge in [0.1, 0.15) is 0 Å². The fraction of sp³-hybridized carbons (Fsp3) is 0.409. The number of carbonyl (C=O) groups is 1. The highest BCUT2D eigenvalue weighted by molar-refractivity contribution is 7.98. The summed E-state index contributed by atoms with van der Waals surface area (Å²) >= 11 is 1.84. The molecule has 0 aliphatic carbocycles. The third-order valence-corrected chi connectivity index (χ3v) is 5.64. The van der Waals surface area contributed by atoms with Crippen molar-refractivity contribution in [2.24, 2.45) is 0 Å². The van der Waals surface area contributed by atoms with Crippen molar-refractivity contribution in [3.8, 4) is 0 Å². The second-order valence-electron chi connectivity index (χ2n) is 6.88. The van der Waals surface area contributed by atoms with Crippen LogP contribution in [0.25, 0.3) is 0 Å². The van der Waals surface area contributed by atoms with E-state index in [1.165, 1.54) is 16.7 Å². The van der Waals surface area contributed by atoms with E-state index in [4.69, 9.17) is 4.74 Å². The van der Waals surface area contributed by atoms with Crippen molar-refractivity contribution in [1.82, 2.24) is 10.2 Å². The number of rotatable bonds is 8. The van der Waals surface area contributed by atoms with Gasteiger partial charge >= 0.3 is 0 Å². The fourth-order valence-electron chi connectivity index (χ4n) is 3.11. The topological polar surface area (TPSA) is 41.6 Å². The summed E-state index contributed by atoms with van der Waals surface area (Å²) in [4.78, 5) is 14.7. The van der Waals surface area contributed by atoms with Gasteiger partial charge < -0.3 is 10.1 Å². The monoisotopic (exact) mass is 384 g/mol. The summed E-state index contributed by atoms with van der Waals surface area (Å²) in [6.45, 7) is 7.28. The van der Waals surface area contributed by atoms with E-state index in [0.29, 0.717) is 6.54 Å². The zero-order chi connectivity index (χ0) is 18.9. The average molecular weight is 385 g/mol. The molecule has 0 spiro atoms. The molecule has 3 rings (SSSR count). The molecule has 27 heavy (non-hydrogen) atoms. The summed E-state index contributed by atoms with van der Waals surface area (Å²) in [5, 5.41) is 3.01. The Morgan fingerprint density at radius 3 is 2.63 bits per heavy atom. The Bertz CT molecular complexity index is 727. The van der Waals surface area contributed by atoms with Crippen molar-refractivity contribution in [3.05, 3.63) is 70.8 Å². The van der Waals surface area contributed by atoms with Crippen LogP contribution in [0.2, 0.25) is 0 Å². The van der Waals surface area contributed by atoms with Gasteiger partial charge in [-0.05, 0) is 30.2 Å². The van der Waals surface area contributed by atoms with Crippen molar-refractivity contribution in [2.75, 3.05) is 38.6 Å². The number of nitrogens with one attached hydrogen (secondary N) is 1. The minimum absolute atomic E-state index is 0.00378. The van der Waals surface area contributed by atoms with Gasteiger partial charge in [0.05, 0.1) is 13.2 Å². The molecule has 0 saturated carbocycles. The van der Waals surface area contributed by atoms with Crippen LogP contribution in [0.5, 0.6) is 0 Å². The normalized spacial score (nSPS) is 14.9. The number of amides is 1. The average Bonchev–Trinajstić information content (AvgIpc) is 2.69. The molecule has 1 amide bonds.